The molecule has 0 spiro atoms. The Kier molecular flexibility index (Phi) is 5.43. The van der Waals surface area contributed by atoms with Gasteiger partial charge in [-0.1, -0.05) is 24.3 Å². The lowest BCUT2D eigenvalue weighted by Crippen LogP contribution is -2.18. The van der Waals surface area contributed by atoms with E-state index in [1.807, 2.05) is 0 Å². The number of alkyl halides is 6. The molecule has 10 heteroatoms. The minimum absolute atomic E-state index is 0.0590. The summed E-state index contributed by atoms with van der Waals surface area (Å²) < 4.78 is 92.0. The third-order valence-electron chi connectivity index (χ3n) is 3.98. The minimum atomic E-state index is -5.41. The van der Waals surface area contributed by atoms with Gasteiger partial charge >= 0.3 is 12.4 Å². The average molecular weight is 428 g/mol. The van der Waals surface area contributed by atoms with Crippen molar-refractivity contribution >= 4 is 11.4 Å². The molecule has 0 atom stereocenters. The molecule has 0 amide bonds. The molecular formula is C20H14F6N2O2. The maximum absolute atomic E-state index is 13.7. The highest BCUT2D eigenvalue weighted by molar-refractivity contribution is 5.61. The van der Waals surface area contributed by atoms with Crippen molar-refractivity contribution in [3.05, 3.63) is 71.8 Å². The van der Waals surface area contributed by atoms with Gasteiger partial charge in [0.05, 0.1) is 16.9 Å². The summed E-state index contributed by atoms with van der Waals surface area (Å²) in [6.45, 7) is 0. The molecule has 0 aliphatic carbocycles. The maximum atomic E-state index is 13.7. The number of hydrogen-bond donors (Lipinski definition) is 2. The van der Waals surface area contributed by atoms with Crippen LogP contribution in [0, 0.1) is 0 Å². The van der Waals surface area contributed by atoms with Crippen LogP contribution in [0.4, 0.5) is 37.7 Å². The molecule has 30 heavy (non-hydrogen) atoms. The molecule has 0 aliphatic heterocycles. The first-order valence-corrected chi connectivity index (χ1v) is 8.34. The SMILES string of the molecule is Nc1ccccc1Oc1ccc(C(F)(F)F)c(C(F)(F)F)c1Oc1ccccc1N. The monoisotopic (exact) mass is 428 g/mol. The molecule has 158 valence electrons. The predicted molar refractivity (Wildman–Crippen MR) is 98.3 cm³/mol. The van der Waals surface area contributed by atoms with Crippen molar-refractivity contribution in [2.45, 2.75) is 12.4 Å². The molecule has 3 rings (SSSR count). The zero-order valence-corrected chi connectivity index (χ0v) is 15.0. The van der Waals surface area contributed by atoms with Gasteiger partial charge < -0.3 is 20.9 Å². The summed E-state index contributed by atoms with van der Waals surface area (Å²) in [7, 11) is 0. The number of halogens is 6. The molecule has 0 fully saturated rings. The number of nitrogen functional groups attached to an aromatic ring is 2. The summed E-state index contributed by atoms with van der Waals surface area (Å²) in [5.41, 5.74) is 7.45. The van der Waals surface area contributed by atoms with Crippen molar-refractivity contribution in [2.75, 3.05) is 11.5 Å². The second-order valence-corrected chi connectivity index (χ2v) is 6.09. The molecule has 0 radical (unpaired) electrons. The zero-order valence-electron chi connectivity index (χ0n) is 15.0. The molecule has 0 unspecified atom stereocenters. The Hall–Kier alpha value is -3.56. The normalized spacial score (nSPS) is 11.9. The molecule has 0 heterocycles. The Morgan fingerprint density at radius 1 is 0.567 bits per heavy atom. The van der Waals surface area contributed by atoms with Crippen LogP contribution in [0.2, 0.25) is 0 Å². The van der Waals surface area contributed by atoms with Gasteiger partial charge in [-0.05, 0) is 36.4 Å². The Bertz CT molecular complexity index is 1060. The van der Waals surface area contributed by atoms with Crippen LogP contribution in [0.3, 0.4) is 0 Å². The number of nitrogens with two attached hydrogens (primary N) is 2. The van der Waals surface area contributed by atoms with E-state index >= 15 is 0 Å². The number of rotatable bonds is 4. The Morgan fingerprint density at radius 2 is 1.07 bits per heavy atom. The molecule has 4 N–H and O–H groups in total. The van der Waals surface area contributed by atoms with Gasteiger partial charge in [0, 0.05) is 0 Å². The van der Waals surface area contributed by atoms with E-state index in [2.05, 4.69) is 0 Å². The summed E-state index contributed by atoms with van der Waals surface area (Å²) in [5.74, 6) is -2.13. The highest BCUT2D eigenvalue weighted by atomic mass is 19.4. The van der Waals surface area contributed by atoms with E-state index in [0.29, 0.717) is 0 Å². The molecule has 0 saturated heterocycles. The summed E-state index contributed by atoms with van der Waals surface area (Å²) in [6.07, 6.45) is -10.7. The van der Waals surface area contributed by atoms with Crippen LogP contribution >= 0.6 is 0 Å². The highest BCUT2D eigenvalue weighted by Crippen LogP contribution is 2.51. The van der Waals surface area contributed by atoms with Crippen molar-refractivity contribution in [1.82, 2.24) is 0 Å². The minimum Gasteiger partial charge on any atom is -0.451 e. The smallest absolute Gasteiger partial charge is 0.420 e. The number of ether oxygens (including phenoxy) is 2. The third kappa shape index (κ3) is 4.37. The van der Waals surface area contributed by atoms with E-state index in [0.717, 1.165) is 6.07 Å². The highest BCUT2D eigenvalue weighted by Gasteiger charge is 2.47. The van der Waals surface area contributed by atoms with Crippen LogP contribution in [-0.4, -0.2) is 0 Å². The van der Waals surface area contributed by atoms with Gasteiger partial charge in [-0.3, -0.25) is 0 Å². The fraction of sp³-hybridized carbons (Fsp3) is 0.100. The van der Waals surface area contributed by atoms with Gasteiger partial charge in [0.1, 0.15) is 5.56 Å². The topological polar surface area (TPSA) is 70.5 Å². The van der Waals surface area contributed by atoms with E-state index in [-0.39, 0.29) is 28.9 Å². The first-order chi connectivity index (χ1) is 14.0. The van der Waals surface area contributed by atoms with E-state index in [4.69, 9.17) is 20.9 Å². The van der Waals surface area contributed by atoms with E-state index in [9.17, 15) is 26.3 Å². The lowest BCUT2D eigenvalue weighted by atomic mass is 10.0. The third-order valence-corrected chi connectivity index (χ3v) is 3.98. The van der Waals surface area contributed by atoms with Gasteiger partial charge in [-0.2, -0.15) is 26.3 Å². The first kappa shape index (κ1) is 21.2. The molecule has 4 nitrogen and oxygen atoms in total. The van der Waals surface area contributed by atoms with Crippen LogP contribution in [-0.2, 0) is 12.4 Å². The van der Waals surface area contributed by atoms with Crippen LogP contribution in [0.1, 0.15) is 11.1 Å². The van der Waals surface area contributed by atoms with Crippen molar-refractivity contribution in [2.24, 2.45) is 0 Å². The summed E-state index contributed by atoms with van der Waals surface area (Å²) in [6, 6.07) is 12.3. The molecule has 3 aromatic carbocycles. The van der Waals surface area contributed by atoms with Gasteiger partial charge in [0.2, 0.25) is 0 Å². The molecule has 0 aromatic heterocycles. The Labute approximate surface area is 166 Å². The predicted octanol–water partition coefficient (Wildman–Crippen LogP) is 6.47. The van der Waals surface area contributed by atoms with Crippen molar-refractivity contribution in [1.29, 1.82) is 0 Å². The lowest BCUT2D eigenvalue weighted by Gasteiger charge is -2.22. The molecule has 0 bridgehead atoms. The molecule has 0 aliphatic rings. The number of benzene rings is 3. The van der Waals surface area contributed by atoms with E-state index in [1.165, 1.54) is 42.5 Å². The number of hydrogen-bond acceptors (Lipinski definition) is 4. The quantitative estimate of drug-likeness (QED) is 0.369. The summed E-state index contributed by atoms with van der Waals surface area (Å²) >= 11 is 0. The fourth-order valence-corrected chi connectivity index (χ4v) is 2.64. The maximum Gasteiger partial charge on any atom is 0.420 e. The van der Waals surface area contributed by atoms with E-state index in [1.54, 1.807) is 6.07 Å². The van der Waals surface area contributed by atoms with Crippen molar-refractivity contribution < 1.29 is 35.8 Å². The number of para-hydroxylation sites is 4. The van der Waals surface area contributed by atoms with Crippen LogP contribution < -0.4 is 20.9 Å². The van der Waals surface area contributed by atoms with Gasteiger partial charge in [-0.25, -0.2) is 0 Å². The summed E-state index contributed by atoms with van der Waals surface area (Å²) in [5, 5.41) is 0. The second kappa shape index (κ2) is 7.69. The van der Waals surface area contributed by atoms with Crippen molar-refractivity contribution in [3.63, 3.8) is 0 Å². The first-order valence-electron chi connectivity index (χ1n) is 8.34. The van der Waals surface area contributed by atoms with Crippen LogP contribution in [0.15, 0.2) is 60.7 Å². The molecule has 3 aromatic rings. The van der Waals surface area contributed by atoms with Crippen LogP contribution in [0.25, 0.3) is 0 Å². The van der Waals surface area contributed by atoms with E-state index < -0.39 is 35.0 Å². The van der Waals surface area contributed by atoms with Gasteiger partial charge in [-0.15, -0.1) is 0 Å². The number of anilines is 2. The Balaban J connectivity index is 2.26. The van der Waals surface area contributed by atoms with Crippen LogP contribution in [0.5, 0.6) is 23.0 Å². The zero-order chi connectivity index (χ0) is 22.1. The second-order valence-electron chi connectivity index (χ2n) is 6.09. The fourth-order valence-electron chi connectivity index (χ4n) is 2.64. The standard InChI is InChI=1S/C20H14F6N2O2/c21-19(22,23)11-9-10-16(29-14-7-3-1-5-12(14)27)18(17(11)20(24,25)26)30-15-8-4-2-6-13(15)28/h1-10H,27-28H2. The molecular weight excluding hydrogens is 414 g/mol. The summed E-state index contributed by atoms with van der Waals surface area (Å²) in [4.78, 5) is 0. The van der Waals surface area contributed by atoms with Crippen molar-refractivity contribution in [3.8, 4) is 23.0 Å². The lowest BCUT2D eigenvalue weighted by molar-refractivity contribution is -0.162. The van der Waals surface area contributed by atoms with Gasteiger partial charge in [0.25, 0.3) is 0 Å². The average Bonchev–Trinajstić information content (AvgIpc) is 2.64. The largest absolute Gasteiger partial charge is 0.451 e. The molecule has 0 saturated carbocycles. The van der Waals surface area contributed by atoms with Gasteiger partial charge in [0.15, 0.2) is 23.0 Å². The Morgan fingerprint density at radius 3 is 1.53 bits per heavy atom.